The summed E-state index contributed by atoms with van der Waals surface area (Å²) in [6, 6.07) is 6.10. The van der Waals surface area contributed by atoms with E-state index < -0.39 is 0 Å². The molecule has 0 saturated heterocycles. The Balaban J connectivity index is 2.01. The second-order valence-corrected chi connectivity index (χ2v) is 5.80. The highest BCUT2D eigenvalue weighted by molar-refractivity contribution is 5.95. The molecular formula is C17H21NO3. The van der Waals surface area contributed by atoms with Gasteiger partial charge in [-0.2, -0.15) is 0 Å². The number of ether oxygens (including phenoxy) is 1. The molecule has 0 spiro atoms. The number of carbonyl (C=O) groups excluding carboxylic acids is 1. The van der Waals surface area contributed by atoms with Gasteiger partial charge in [0.1, 0.15) is 11.3 Å². The molecule has 21 heavy (non-hydrogen) atoms. The van der Waals surface area contributed by atoms with E-state index in [9.17, 15) is 4.79 Å². The zero-order valence-electron chi connectivity index (χ0n) is 12.8. The maximum Gasteiger partial charge on any atom is 0.338 e. The normalized spacial score (nSPS) is 18.0. The summed E-state index contributed by atoms with van der Waals surface area (Å²) in [6.07, 6.45) is 3.05. The molecule has 1 atom stereocenters. The first-order chi connectivity index (χ1) is 10.1. The van der Waals surface area contributed by atoms with Gasteiger partial charge in [0.2, 0.25) is 0 Å². The molecule has 3 rings (SSSR count). The molecule has 0 aliphatic heterocycles. The van der Waals surface area contributed by atoms with Crippen LogP contribution >= 0.6 is 0 Å². The first-order valence-corrected chi connectivity index (χ1v) is 7.48. The molecule has 1 aliphatic carbocycles. The van der Waals surface area contributed by atoms with Gasteiger partial charge in [0, 0.05) is 23.4 Å². The van der Waals surface area contributed by atoms with E-state index in [1.54, 1.807) is 6.07 Å². The standard InChI is InChI=1S/C17H21NO3/c1-4-20-17(19)11-5-7-15-13(9-11)14-10-12(18(2)3)6-8-16(14)21-15/h5,7,9,12H,4,6,8,10H2,1-3H3. The average Bonchev–Trinajstić information content (AvgIpc) is 2.84. The van der Waals surface area contributed by atoms with E-state index in [1.807, 2.05) is 19.1 Å². The maximum absolute atomic E-state index is 11.9. The third-order valence-corrected chi connectivity index (χ3v) is 4.26. The van der Waals surface area contributed by atoms with Crippen LogP contribution in [0, 0.1) is 0 Å². The first-order valence-electron chi connectivity index (χ1n) is 7.48. The first kappa shape index (κ1) is 14.1. The maximum atomic E-state index is 11.9. The van der Waals surface area contributed by atoms with Crippen LogP contribution in [0.1, 0.15) is 35.0 Å². The van der Waals surface area contributed by atoms with Crippen molar-refractivity contribution in [3.8, 4) is 0 Å². The zero-order valence-corrected chi connectivity index (χ0v) is 12.8. The Morgan fingerprint density at radius 1 is 1.43 bits per heavy atom. The van der Waals surface area contributed by atoms with Crippen LogP contribution in [0.4, 0.5) is 0 Å². The highest BCUT2D eigenvalue weighted by Crippen LogP contribution is 2.33. The van der Waals surface area contributed by atoms with Crippen molar-refractivity contribution < 1.29 is 13.9 Å². The van der Waals surface area contributed by atoms with E-state index in [-0.39, 0.29) is 5.97 Å². The Morgan fingerprint density at radius 2 is 2.24 bits per heavy atom. The molecule has 0 bridgehead atoms. The predicted octanol–water partition coefficient (Wildman–Crippen LogP) is 3.03. The van der Waals surface area contributed by atoms with E-state index in [1.165, 1.54) is 5.56 Å². The number of hydrogen-bond donors (Lipinski definition) is 0. The molecule has 4 heteroatoms. The molecule has 0 N–H and O–H groups in total. The number of rotatable bonds is 3. The summed E-state index contributed by atoms with van der Waals surface area (Å²) in [5, 5.41) is 1.06. The van der Waals surface area contributed by atoms with E-state index in [0.29, 0.717) is 18.2 Å². The molecule has 4 nitrogen and oxygen atoms in total. The number of hydrogen-bond acceptors (Lipinski definition) is 4. The lowest BCUT2D eigenvalue weighted by Gasteiger charge is -2.27. The fourth-order valence-corrected chi connectivity index (χ4v) is 3.04. The Kier molecular flexibility index (Phi) is 3.72. The van der Waals surface area contributed by atoms with Gasteiger partial charge in [-0.05, 0) is 52.1 Å². The minimum Gasteiger partial charge on any atom is -0.462 e. The summed E-state index contributed by atoms with van der Waals surface area (Å²) in [5.41, 5.74) is 2.72. The van der Waals surface area contributed by atoms with Gasteiger partial charge in [-0.15, -0.1) is 0 Å². The van der Waals surface area contributed by atoms with Crippen molar-refractivity contribution >= 4 is 16.9 Å². The number of esters is 1. The van der Waals surface area contributed by atoms with Crippen LogP contribution in [0.25, 0.3) is 11.0 Å². The summed E-state index contributed by atoms with van der Waals surface area (Å²) >= 11 is 0. The topological polar surface area (TPSA) is 42.7 Å². The van der Waals surface area contributed by atoms with Crippen molar-refractivity contribution in [1.82, 2.24) is 4.90 Å². The zero-order chi connectivity index (χ0) is 15.0. The number of fused-ring (bicyclic) bond motifs is 3. The predicted molar refractivity (Wildman–Crippen MR) is 81.7 cm³/mol. The molecular weight excluding hydrogens is 266 g/mol. The van der Waals surface area contributed by atoms with Crippen LogP contribution < -0.4 is 0 Å². The monoisotopic (exact) mass is 287 g/mol. The van der Waals surface area contributed by atoms with Crippen LogP contribution in [0.15, 0.2) is 22.6 Å². The molecule has 112 valence electrons. The van der Waals surface area contributed by atoms with Crippen LogP contribution in [-0.4, -0.2) is 37.6 Å². The van der Waals surface area contributed by atoms with E-state index in [4.69, 9.17) is 9.15 Å². The van der Waals surface area contributed by atoms with E-state index >= 15 is 0 Å². The molecule has 0 fully saturated rings. The van der Waals surface area contributed by atoms with Gasteiger partial charge < -0.3 is 14.1 Å². The Bertz CT molecular complexity index is 672. The SMILES string of the molecule is CCOC(=O)c1ccc2oc3c(c2c1)CC(N(C)C)CC3. The lowest BCUT2D eigenvalue weighted by molar-refractivity contribution is 0.0526. The van der Waals surface area contributed by atoms with Gasteiger partial charge in [-0.3, -0.25) is 0 Å². The fourth-order valence-electron chi connectivity index (χ4n) is 3.04. The largest absolute Gasteiger partial charge is 0.462 e. The summed E-state index contributed by atoms with van der Waals surface area (Å²) in [7, 11) is 4.23. The number of aryl methyl sites for hydroxylation is 1. The minimum absolute atomic E-state index is 0.269. The van der Waals surface area contributed by atoms with E-state index in [2.05, 4.69) is 19.0 Å². The number of furan rings is 1. The van der Waals surface area contributed by atoms with Crippen molar-refractivity contribution in [2.75, 3.05) is 20.7 Å². The van der Waals surface area contributed by atoms with Crippen molar-refractivity contribution in [2.45, 2.75) is 32.2 Å². The molecule has 0 amide bonds. The summed E-state index contributed by atoms with van der Waals surface area (Å²) in [4.78, 5) is 14.2. The smallest absolute Gasteiger partial charge is 0.338 e. The highest BCUT2D eigenvalue weighted by atomic mass is 16.5. The molecule has 1 aromatic carbocycles. The van der Waals surface area contributed by atoms with Crippen molar-refractivity contribution in [3.05, 3.63) is 35.1 Å². The lowest BCUT2D eigenvalue weighted by atomic mass is 9.91. The van der Waals surface area contributed by atoms with Crippen LogP contribution in [0.5, 0.6) is 0 Å². The summed E-state index contributed by atoms with van der Waals surface area (Å²) in [6.45, 7) is 2.21. The average molecular weight is 287 g/mol. The third-order valence-electron chi connectivity index (χ3n) is 4.26. The highest BCUT2D eigenvalue weighted by Gasteiger charge is 2.25. The molecule has 1 unspecified atom stereocenters. The van der Waals surface area contributed by atoms with Crippen molar-refractivity contribution in [1.29, 1.82) is 0 Å². The fraction of sp³-hybridized carbons (Fsp3) is 0.471. The number of carbonyl (C=O) groups is 1. The number of nitrogens with zero attached hydrogens (tertiary/aromatic N) is 1. The Labute approximate surface area is 124 Å². The third kappa shape index (κ3) is 2.56. The molecule has 1 heterocycles. The molecule has 2 aromatic rings. The molecule has 0 radical (unpaired) electrons. The Morgan fingerprint density at radius 3 is 2.95 bits per heavy atom. The van der Waals surface area contributed by atoms with Gasteiger partial charge in [-0.25, -0.2) is 4.79 Å². The second-order valence-electron chi connectivity index (χ2n) is 5.80. The Hall–Kier alpha value is -1.81. The van der Waals surface area contributed by atoms with Gasteiger partial charge in [-0.1, -0.05) is 0 Å². The minimum atomic E-state index is -0.269. The van der Waals surface area contributed by atoms with Crippen LogP contribution in [0.2, 0.25) is 0 Å². The summed E-state index contributed by atoms with van der Waals surface area (Å²) < 4.78 is 11.0. The van der Waals surface area contributed by atoms with E-state index in [0.717, 1.165) is 36.0 Å². The van der Waals surface area contributed by atoms with Crippen molar-refractivity contribution in [3.63, 3.8) is 0 Å². The summed E-state index contributed by atoms with van der Waals surface area (Å²) in [5.74, 6) is 0.804. The molecule has 1 aromatic heterocycles. The van der Waals surface area contributed by atoms with Gasteiger partial charge in [0.25, 0.3) is 0 Å². The van der Waals surface area contributed by atoms with Gasteiger partial charge in [0.15, 0.2) is 0 Å². The quantitative estimate of drug-likeness (QED) is 0.814. The molecule has 0 saturated carbocycles. The van der Waals surface area contributed by atoms with Gasteiger partial charge in [0.05, 0.1) is 12.2 Å². The second kappa shape index (κ2) is 5.53. The van der Waals surface area contributed by atoms with Crippen molar-refractivity contribution in [2.24, 2.45) is 0 Å². The van der Waals surface area contributed by atoms with Gasteiger partial charge >= 0.3 is 5.97 Å². The van der Waals surface area contributed by atoms with Crippen LogP contribution in [0.3, 0.4) is 0 Å². The molecule has 1 aliphatic rings. The lowest BCUT2D eigenvalue weighted by Crippen LogP contribution is -2.33. The number of likely N-dealkylation sites (N-methyl/N-ethyl adjacent to an activating group) is 1. The number of benzene rings is 1. The van der Waals surface area contributed by atoms with Crippen LogP contribution in [-0.2, 0) is 17.6 Å².